The Balaban J connectivity index is 1.74. The van der Waals surface area contributed by atoms with Crippen LogP contribution >= 0.6 is 11.8 Å². The van der Waals surface area contributed by atoms with Gasteiger partial charge in [0.25, 0.3) is 0 Å². The van der Waals surface area contributed by atoms with Crippen molar-refractivity contribution < 1.29 is 4.79 Å². The van der Waals surface area contributed by atoms with Gasteiger partial charge in [0, 0.05) is 17.3 Å². The van der Waals surface area contributed by atoms with Crippen LogP contribution in [0, 0.1) is 0 Å². The van der Waals surface area contributed by atoms with Crippen LogP contribution in [-0.4, -0.2) is 21.6 Å². The van der Waals surface area contributed by atoms with Gasteiger partial charge in [0.15, 0.2) is 0 Å². The van der Waals surface area contributed by atoms with E-state index in [4.69, 9.17) is 5.73 Å². The minimum absolute atomic E-state index is 0.146. The summed E-state index contributed by atoms with van der Waals surface area (Å²) in [5.41, 5.74) is 10.8. The fourth-order valence-electron chi connectivity index (χ4n) is 1.23. The van der Waals surface area contributed by atoms with E-state index in [1.54, 1.807) is 30.6 Å². The average molecular weight is 275 g/mol. The lowest BCUT2D eigenvalue weighted by Gasteiger charge is -2.07. The Labute approximate surface area is 114 Å². The van der Waals surface area contributed by atoms with Crippen LogP contribution in [0.4, 0.5) is 11.6 Å². The number of amides is 1. The second-order valence-electron chi connectivity index (χ2n) is 3.60. The molecule has 0 saturated carbocycles. The Bertz CT molecular complexity index is 532. The molecule has 4 N–H and O–H groups in total. The molecule has 2 rings (SSSR count). The Morgan fingerprint density at radius 3 is 2.84 bits per heavy atom. The minimum Gasteiger partial charge on any atom is -0.384 e. The SMILES string of the molecule is Nc1ccc(SCC(=O)NNc2ccccn2)cn1. The van der Waals surface area contributed by atoms with Gasteiger partial charge in [0.2, 0.25) is 5.91 Å². The third-order valence-electron chi connectivity index (χ3n) is 2.12. The molecule has 0 saturated heterocycles. The highest BCUT2D eigenvalue weighted by Crippen LogP contribution is 2.16. The molecular formula is C12H13N5OS. The maximum atomic E-state index is 11.6. The number of rotatable bonds is 5. The average Bonchev–Trinajstić information content (AvgIpc) is 2.45. The van der Waals surface area contributed by atoms with Crippen molar-refractivity contribution in [2.75, 3.05) is 16.9 Å². The summed E-state index contributed by atoms with van der Waals surface area (Å²) in [6.07, 6.45) is 3.28. The quantitative estimate of drug-likeness (QED) is 0.562. The van der Waals surface area contributed by atoms with Crippen LogP contribution < -0.4 is 16.6 Å². The van der Waals surface area contributed by atoms with E-state index < -0.39 is 0 Å². The number of carbonyl (C=O) groups excluding carboxylic acids is 1. The maximum absolute atomic E-state index is 11.6. The van der Waals surface area contributed by atoms with E-state index in [0.717, 1.165) is 4.90 Å². The van der Waals surface area contributed by atoms with Crippen molar-refractivity contribution in [2.45, 2.75) is 4.90 Å². The van der Waals surface area contributed by atoms with Crippen LogP contribution in [0.15, 0.2) is 47.6 Å². The minimum atomic E-state index is -0.146. The highest BCUT2D eigenvalue weighted by atomic mass is 32.2. The first kappa shape index (κ1) is 13.2. The fourth-order valence-corrected chi connectivity index (χ4v) is 1.89. The van der Waals surface area contributed by atoms with E-state index in [1.165, 1.54) is 11.8 Å². The predicted molar refractivity (Wildman–Crippen MR) is 75.4 cm³/mol. The van der Waals surface area contributed by atoms with Crippen LogP contribution in [0.5, 0.6) is 0 Å². The van der Waals surface area contributed by atoms with Crippen molar-refractivity contribution in [3.8, 4) is 0 Å². The van der Waals surface area contributed by atoms with Crippen molar-refractivity contribution in [3.63, 3.8) is 0 Å². The van der Waals surface area contributed by atoms with Crippen molar-refractivity contribution in [3.05, 3.63) is 42.7 Å². The van der Waals surface area contributed by atoms with Gasteiger partial charge in [-0.1, -0.05) is 6.07 Å². The number of pyridine rings is 2. The van der Waals surface area contributed by atoms with Crippen LogP contribution in [0.3, 0.4) is 0 Å². The Kier molecular flexibility index (Phi) is 4.57. The number of nitrogens with one attached hydrogen (secondary N) is 2. The molecule has 0 aromatic carbocycles. The molecule has 98 valence electrons. The lowest BCUT2D eigenvalue weighted by molar-refractivity contribution is -0.118. The van der Waals surface area contributed by atoms with Crippen molar-refractivity contribution in [1.29, 1.82) is 0 Å². The number of hydrazine groups is 1. The lowest BCUT2D eigenvalue weighted by atomic mass is 10.5. The first-order valence-electron chi connectivity index (χ1n) is 5.54. The molecule has 19 heavy (non-hydrogen) atoms. The first-order valence-corrected chi connectivity index (χ1v) is 6.53. The molecule has 6 nitrogen and oxygen atoms in total. The Morgan fingerprint density at radius 2 is 2.16 bits per heavy atom. The number of nitrogens with zero attached hydrogens (tertiary/aromatic N) is 2. The normalized spacial score (nSPS) is 9.89. The molecule has 0 fully saturated rings. The number of hydrogen-bond acceptors (Lipinski definition) is 6. The van der Waals surface area contributed by atoms with Gasteiger partial charge in [0.1, 0.15) is 11.6 Å². The van der Waals surface area contributed by atoms with Gasteiger partial charge in [-0.25, -0.2) is 9.97 Å². The number of anilines is 2. The molecule has 1 amide bonds. The van der Waals surface area contributed by atoms with Crippen LogP contribution in [0.1, 0.15) is 0 Å². The Morgan fingerprint density at radius 1 is 1.26 bits per heavy atom. The standard InChI is InChI=1S/C12H13N5OS/c13-10-5-4-9(7-15-10)19-8-12(18)17-16-11-3-1-2-6-14-11/h1-7H,8H2,(H2,13,15)(H,14,16)(H,17,18). The van der Waals surface area contributed by atoms with Gasteiger partial charge in [-0.2, -0.15) is 0 Å². The van der Waals surface area contributed by atoms with Crippen molar-refractivity contribution in [1.82, 2.24) is 15.4 Å². The molecule has 2 aromatic heterocycles. The van der Waals surface area contributed by atoms with Crippen LogP contribution in [0.25, 0.3) is 0 Å². The summed E-state index contributed by atoms with van der Waals surface area (Å²) in [5.74, 6) is 1.19. The highest BCUT2D eigenvalue weighted by Gasteiger charge is 2.03. The number of nitrogen functional groups attached to an aromatic ring is 1. The van der Waals surface area contributed by atoms with Crippen LogP contribution in [0.2, 0.25) is 0 Å². The molecule has 7 heteroatoms. The van der Waals surface area contributed by atoms with Gasteiger partial charge >= 0.3 is 0 Å². The number of hydrogen-bond donors (Lipinski definition) is 3. The second kappa shape index (κ2) is 6.60. The van der Waals surface area contributed by atoms with E-state index in [9.17, 15) is 4.79 Å². The summed E-state index contributed by atoms with van der Waals surface area (Å²) in [7, 11) is 0. The number of thioether (sulfide) groups is 1. The first-order chi connectivity index (χ1) is 9.24. The number of aromatic nitrogens is 2. The molecule has 0 aliphatic carbocycles. The summed E-state index contributed by atoms with van der Waals surface area (Å²) in [4.78, 5) is 20.5. The van der Waals surface area contributed by atoms with E-state index in [0.29, 0.717) is 11.6 Å². The third-order valence-corrected chi connectivity index (χ3v) is 3.11. The monoisotopic (exact) mass is 275 g/mol. The van der Waals surface area contributed by atoms with E-state index in [1.807, 2.05) is 12.1 Å². The largest absolute Gasteiger partial charge is 0.384 e. The summed E-state index contributed by atoms with van der Waals surface area (Å²) < 4.78 is 0. The number of carbonyl (C=O) groups is 1. The zero-order chi connectivity index (χ0) is 13.5. The summed E-state index contributed by atoms with van der Waals surface area (Å²) in [5, 5.41) is 0. The van der Waals surface area contributed by atoms with Crippen molar-refractivity contribution >= 4 is 29.3 Å². The molecule has 0 spiro atoms. The van der Waals surface area contributed by atoms with Gasteiger partial charge in [-0.05, 0) is 24.3 Å². The van der Waals surface area contributed by atoms with Gasteiger partial charge in [-0.15, -0.1) is 11.8 Å². The maximum Gasteiger partial charge on any atom is 0.248 e. The topological polar surface area (TPSA) is 92.9 Å². The van der Waals surface area contributed by atoms with Crippen molar-refractivity contribution in [2.24, 2.45) is 0 Å². The summed E-state index contributed by atoms with van der Waals surface area (Å²) >= 11 is 1.38. The molecule has 2 heterocycles. The predicted octanol–water partition coefficient (Wildman–Crippen LogP) is 1.29. The summed E-state index contributed by atoms with van der Waals surface area (Å²) in [6, 6.07) is 8.92. The van der Waals surface area contributed by atoms with Gasteiger partial charge in [0.05, 0.1) is 5.75 Å². The number of nitrogens with two attached hydrogens (primary N) is 1. The van der Waals surface area contributed by atoms with Gasteiger partial charge < -0.3 is 5.73 Å². The molecule has 0 bridgehead atoms. The van der Waals surface area contributed by atoms with E-state index >= 15 is 0 Å². The molecule has 0 radical (unpaired) electrons. The Hall–Kier alpha value is -2.28. The summed E-state index contributed by atoms with van der Waals surface area (Å²) in [6.45, 7) is 0. The molecule has 0 unspecified atom stereocenters. The zero-order valence-electron chi connectivity index (χ0n) is 10.0. The molecular weight excluding hydrogens is 262 g/mol. The van der Waals surface area contributed by atoms with Gasteiger partial charge in [-0.3, -0.25) is 15.6 Å². The smallest absolute Gasteiger partial charge is 0.248 e. The lowest BCUT2D eigenvalue weighted by Crippen LogP contribution is -2.31. The fraction of sp³-hybridized carbons (Fsp3) is 0.0833. The molecule has 0 aliphatic heterocycles. The second-order valence-corrected chi connectivity index (χ2v) is 4.64. The molecule has 0 aliphatic rings. The van der Waals surface area contributed by atoms with Crippen LogP contribution in [-0.2, 0) is 4.79 Å². The van der Waals surface area contributed by atoms with E-state index in [2.05, 4.69) is 20.8 Å². The third kappa shape index (κ3) is 4.47. The molecule has 2 aromatic rings. The highest BCUT2D eigenvalue weighted by molar-refractivity contribution is 8.00. The molecule has 0 atom stereocenters. The zero-order valence-corrected chi connectivity index (χ0v) is 10.9. The van der Waals surface area contributed by atoms with E-state index in [-0.39, 0.29) is 11.7 Å².